The summed E-state index contributed by atoms with van der Waals surface area (Å²) in [5, 5.41) is 11.0. The van der Waals surface area contributed by atoms with E-state index < -0.39 is 6.10 Å². The number of nitrogens with zero attached hydrogens (tertiary/aromatic N) is 2. The fraction of sp³-hybridized carbons (Fsp3) is 0.520. The number of carbonyl (C=O) groups is 2. The number of hydrogen-bond acceptors (Lipinski definition) is 6. The molecule has 2 fully saturated rings. The zero-order valence-corrected chi connectivity index (χ0v) is 18.8. The minimum atomic E-state index is -0.589. The molecule has 32 heavy (non-hydrogen) atoms. The number of esters is 1. The van der Waals surface area contributed by atoms with Crippen molar-refractivity contribution in [3.63, 3.8) is 0 Å². The largest absolute Gasteiger partial charge is 0.489 e. The topological polar surface area (TPSA) is 79.3 Å². The molecule has 4 aliphatic rings. The standard InChI is InChI=1S/C25H30N2O5/c1-15-18(4-5-19-17(3)31-13-20(15)19)22(28)12-26-9-6-25(7-10-26)8-11-27(24(25)30)21-14-32-23(29)16(21)2/h4-5,22,28H,3,6-14H2,1-2H3/t22-/m1/s1. The van der Waals surface area contributed by atoms with Crippen LogP contribution in [-0.2, 0) is 25.7 Å². The van der Waals surface area contributed by atoms with E-state index in [0.717, 1.165) is 60.3 Å². The number of aliphatic hydroxyl groups is 1. The van der Waals surface area contributed by atoms with Crippen LogP contribution in [0.15, 0.2) is 30.0 Å². The number of β-amino-alcohol motifs (C(OH)–C–C–N with tert-alkyl or cyclic N) is 1. The molecule has 0 aromatic heterocycles. The van der Waals surface area contributed by atoms with Crippen LogP contribution >= 0.6 is 0 Å². The summed E-state index contributed by atoms with van der Waals surface area (Å²) in [5.74, 6) is 0.496. The molecule has 1 atom stereocenters. The van der Waals surface area contributed by atoms with Gasteiger partial charge in [0.1, 0.15) is 19.0 Å². The molecule has 7 heteroatoms. The lowest BCUT2D eigenvalue weighted by atomic mass is 9.77. The van der Waals surface area contributed by atoms with Gasteiger partial charge in [-0.25, -0.2) is 4.79 Å². The Morgan fingerprint density at radius 2 is 1.81 bits per heavy atom. The van der Waals surface area contributed by atoms with Crippen molar-refractivity contribution in [1.82, 2.24) is 9.80 Å². The summed E-state index contributed by atoms with van der Waals surface area (Å²) in [6.07, 6.45) is 1.76. The van der Waals surface area contributed by atoms with Crippen LogP contribution in [0.4, 0.5) is 0 Å². The van der Waals surface area contributed by atoms with E-state index in [1.165, 1.54) is 0 Å². The van der Waals surface area contributed by atoms with Gasteiger partial charge in [0.25, 0.3) is 0 Å². The number of ether oxygens (including phenoxy) is 2. The Labute approximate surface area is 188 Å². The number of fused-ring (bicyclic) bond motifs is 1. The van der Waals surface area contributed by atoms with Crippen molar-refractivity contribution in [2.24, 2.45) is 5.41 Å². The summed E-state index contributed by atoms with van der Waals surface area (Å²) in [7, 11) is 0. The first kappa shape index (κ1) is 21.2. The van der Waals surface area contributed by atoms with Crippen molar-refractivity contribution in [2.45, 2.75) is 45.8 Å². The number of aliphatic hydroxyl groups excluding tert-OH is 1. The summed E-state index contributed by atoms with van der Waals surface area (Å²) in [6, 6.07) is 3.96. The molecule has 0 unspecified atom stereocenters. The molecule has 0 radical (unpaired) electrons. The first-order chi connectivity index (χ1) is 15.3. The summed E-state index contributed by atoms with van der Waals surface area (Å²) in [4.78, 5) is 29.0. The maximum absolute atomic E-state index is 13.3. The van der Waals surface area contributed by atoms with E-state index in [0.29, 0.717) is 31.0 Å². The van der Waals surface area contributed by atoms with E-state index in [1.54, 1.807) is 11.8 Å². The highest BCUT2D eigenvalue weighted by Crippen LogP contribution is 2.44. The quantitative estimate of drug-likeness (QED) is 0.729. The van der Waals surface area contributed by atoms with Crippen molar-refractivity contribution >= 4 is 17.6 Å². The maximum Gasteiger partial charge on any atom is 0.336 e. The molecule has 1 aromatic carbocycles. The molecule has 1 spiro atoms. The van der Waals surface area contributed by atoms with Gasteiger partial charge in [-0.3, -0.25) is 4.79 Å². The Morgan fingerprint density at radius 3 is 2.50 bits per heavy atom. The monoisotopic (exact) mass is 438 g/mol. The van der Waals surface area contributed by atoms with Crippen LogP contribution in [0.25, 0.3) is 5.76 Å². The molecule has 2 saturated heterocycles. The average molecular weight is 439 g/mol. The van der Waals surface area contributed by atoms with E-state index in [1.807, 2.05) is 19.1 Å². The summed E-state index contributed by atoms with van der Waals surface area (Å²) < 4.78 is 10.7. The van der Waals surface area contributed by atoms with Crippen molar-refractivity contribution in [3.8, 4) is 0 Å². The van der Waals surface area contributed by atoms with Crippen LogP contribution in [0.1, 0.15) is 54.5 Å². The average Bonchev–Trinajstić information content (AvgIpc) is 3.42. The number of hydrogen-bond donors (Lipinski definition) is 1. The van der Waals surface area contributed by atoms with Crippen LogP contribution in [0, 0.1) is 12.3 Å². The van der Waals surface area contributed by atoms with Gasteiger partial charge in [0.15, 0.2) is 0 Å². The Kier molecular flexibility index (Phi) is 5.13. The van der Waals surface area contributed by atoms with Crippen molar-refractivity contribution in [1.29, 1.82) is 0 Å². The minimum Gasteiger partial charge on any atom is -0.489 e. The predicted octanol–water partition coefficient (Wildman–Crippen LogP) is 2.67. The third kappa shape index (κ3) is 3.26. The molecule has 0 saturated carbocycles. The van der Waals surface area contributed by atoms with Crippen LogP contribution in [0.2, 0.25) is 0 Å². The van der Waals surface area contributed by atoms with Crippen molar-refractivity contribution in [2.75, 3.05) is 32.8 Å². The fourth-order valence-corrected chi connectivity index (χ4v) is 5.62. The molecule has 0 bridgehead atoms. The molecule has 1 amide bonds. The highest BCUT2D eigenvalue weighted by molar-refractivity contribution is 5.94. The van der Waals surface area contributed by atoms with Crippen molar-refractivity contribution in [3.05, 3.63) is 52.2 Å². The van der Waals surface area contributed by atoms with E-state index in [4.69, 9.17) is 9.47 Å². The van der Waals surface area contributed by atoms with E-state index in [9.17, 15) is 14.7 Å². The third-order valence-electron chi connectivity index (χ3n) is 7.85. The Morgan fingerprint density at radius 1 is 1.09 bits per heavy atom. The summed E-state index contributed by atoms with van der Waals surface area (Å²) in [6.45, 7) is 11.1. The number of benzene rings is 1. The fourth-order valence-electron chi connectivity index (χ4n) is 5.62. The number of carbonyl (C=O) groups excluding carboxylic acids is 2. The zero-order valence-electron chi connectivity index (χ0n) is 18.8. The van der Waals surface area contributed by atoms with E-state index in [2.05, 4.69) is 11.5 Å². The summed E-state index contributed by atoms with van der Waals surface area (Å²) in [5.41, 5.74) is 5.06. The first-order valence-corrected chi connectivity index (χ1v) is 11.3. The van der Waals surface area contributed by atoms with Crippen LogP contribution in [0.5, 0.6) is 0 Å². The lowest BCUT2D eigenvalue weighted by molar-refractivity contribution is -0.138. The van der Waals surface area contributed by atoms with E-state index >= 15 is 0 Å². The van der Waals surface area contributed by atoms with Gasteiger partial charge in [-0.15, -0.1) is 0 Å². The number of likely N-dealkylation sites (tertiary alicyclic amines) is 2. The molecule has 7 nitrogen and oxygen atoms in total. The molecular formula is C25H30N2O5. The molecule has 5 rings (SSSR count). The van der Waals surface area contributed by atoms with Gasteiger partial charge < -0.3 is 24.4 Å². The van der Waals surface area contributed by atoms with Gasteiger partial charge in [-0.2, -0.15) is 0 Å². The highest BCUT2D eigenvalue weighted by atomic mass is 16.5. The van der Waals surface area contributed by atoms with Gasteiger partial charge in [-0.1, -0.05) is 18.7 Å². The molecule has 4 aliphatic heterocycles. The second kappa shape index (κ2) is 7.74. The second-order valence-electron chi connectivity index (χ2n) is 9.47. The van der Waals surface area contributed by atoms with Crippen LogP contribution in [0.3, 0.4) is 0 Å². The predicted molar refractivity (Wildman–Crippen MR) is 118 cm³/mol. The molecular weight excluding hydrogens is 408 g/mol. The van der Waals surface area contributed by atoms with Gasteiger partial charge in [0, 0.05) is 24.2 Å². The second-order valence-corrected chi connectivity index (χ2v) is 9.47. The Balaban J connectivity index is 1.23. The molecule has 4 heterocycles. The normalized spacial score (nSPS) is 23.7. The first-order valence-electron chi connectivity index (χ1n) is 11.3. The number of amides is 1. The zero-order chi connectivity index (χ0) is 22.6. The smallest absolute Gasteiger partial charge is 0.336 e. The van der Waals surface area contributed by atoms with Crippen molar-refractivity contribution < 1.29 is 24.2 Å². The lowest BCUT2D eigenvalue weighted by Crippen LogP contribution is -2.45. The minimum absolute atomic E-state index is 0.125. The summed E-state index contributed by atoms with van der Waals surface area (Å²) >= 11 is 0. The molecule has 0 aliphatic carbocycles. The Hall–Kier alpha value is -2.64. The molecule has 1 N–H and O–H groups in total. The number of piperidine rings is 1. The molecule has 170 valence electrons. The van der Waals surface area contributed by atoms with Gasteiger partial charge in [-0.05, 0) is 57.3 Å². The van der Waals surface area contributed by atoms with Gasteiger partial charge in [0.2, 0.25) is 5.91 Å². The lowest BCUT2D eigenvalue weighted by Gasteiger charge is -2.38. The SMILES string of the molecule is C=C1OCc2c1ccc([C@H](O)CN1CCC3(CC1)CCN(C1=C(C)C(=O)OC1)C3=O)c2C. The third-order valence-corrected chi connectivity index (χ3v) is 7.85. The number of rotatable bonds is 4. The molecule has 1 aromatic rings. The van der Waals surface area contributed by atoms with E-state index in [-0.39, 0.29) is 23.9 Å². The van der Waals surface area contributed by atoms with Crippen LogP contribution in [-0.4, -0.2) is 59.6 Å². The van der Waals surface area contributed by atoms with Crippen LogP contribution < -0.4 is 0 Å². The van der Waals surface area contributed by atoms with Gasteiger partial charge in [0.05, 0.1) is 22.8 Å². The Bertz CT molecular complexity index is 1040. The highest BCUT2D eigenvalue weighted by Gasteiger charge is 2.50. The van der Waals surface area contributed by atoms with Gasteiger partial charge >= 0.3 is 5.97 Å². The maximum atomic E-state index is 13.3. The number of cyclic esters (lactones) is 1.